The molecule has 78 valence electrons. The van der Waals surface area contributed by atoms with Gasteiger partial charge in [0, 0.05) is 0 Å². The summed E-state index contributed by atoms with van der Waals surface area (Å²) in [6, 6.07) is 8.23. The van der Waals surface area contributed by atoms with E-state index in [0.29, 0.717) is 0 Å². The van der Waals surface area contributed by atoms with Crippen molar-refractivity contribution in [2.24, 2.45) is 0 Å². The van der Waals surface area contributed by atoms with Crippen molar-refractivity contribution in [1.82, 2.24) is 9.55 Å². The minimum Gasteiger partial charge on any atom is -0.388 e. The molecule has 1 aliphatic carbocycles. The molecule has 1 N–H and O–H groups in total. The minimum atomic E-state index is -0.566. The Balaban J connectivity index is 2.12. The standard InChI is InChI=1S/C12H14N2O/c1-12(15)7-6-11(12)14-8-13-9-4-2-3-5-10(9)14/h2-5,8,11,15H,6-7H2,1H3/t11-,12-/m0/s1. The Labute approximate surface area is 88.4 Å². The normalized spacial score (nSPS) is 30.4. The number of rotatable bonds is 1. The Hall–Kier alpha value is -1.35. The van der Waals surface area contributed by atoms with Crippen LogP contribution >= 0.6 is 0 Å². The molecule has 1 heterocycles. The second-order valence-electron chi connectivity index (χ2n) is 4.55. The Kier molecular flexibility index (Phi) is 1.68. The topological polar surface area (TPSA) is 38.0 Å². The van der Waals surface area contributed by atoms with Crippen LogP contribution in [0.15, 0.2) is 30.6 Å². The number of aromatic nitrogens is 2. The zero-order chi connectivity index (χ0) is 10.5. The van der Waals surface area contributed by atoms with Gasteiger partial charge in [0.25, 0.3) is 0 Å². The number of fused-ring (bicyclic) bond motifs is 1. The van der Waals surface area contributed by atoms with Gasteiger partial charge in [0.05, 0.1) is 29.0 Å². The van der Waals surface area contributed by atoms with E-state index >= 15 is 0 Å². The molecular weight excluding hydrogens is 188 g/mol. The van der Waals surface area contributed by atoms with Gasteiger partial charge in [-0.2, -0.15) is 0 Å². The first-order valence-corrected chi connectivity index (χ1v) is 5.32. The number of aliphatic hydroxyl groups is 1. The number of nitrogens with zero attached hydrogens (tertiary/aromatic N) is 2. The number of benzene rings is 1. The van der Waals surface area contributed by atoms with E-state index in [2.05, 4.69) is 15.6 Å². The van der Waals surface area contributed by atoms with Crippen LogP contribution in [0.4, 0.5) is 0 Å². The lowest BCUT2D eigenvalue weighted by Crippen LogP contribution is -2.45. The molecule has 1 aliphatic rings. The van der Waals surface area contributed by atoms with Crippen molar-refractivity contribution in [3.63, 3.8) is 0 Å². The van der Waals surface area contributed by atoms with Crippen molar-refractivity contribution in [2.45, 2.75) is 31.4 Å². The van der Waals surface area contributed by atoms with E-state index in [4.69, 9.17) is 0 Å². The van der Waals surface area contributed by atoms with Crippen LogP contribution in [-0.2, 0) is 0 Å². The van der Waals surface area contributed by atoms with Gasteiger partial charge >= 0.3 is 0 Å². The molecule has 1 aromatic heterocycles. The molecule has 2 aromatic rings. The van der Waals surface area contributed by atoms with Crippen molar-refractivity contribution in [3.8, 4) is 0 Å². The predicted molar refractivity (Wildman–Crippen MR) is 58.6 cm³/mol. The van der Waals surface area contributed by atoms with Crippen molar-refractivity contribution in [1.29, 1.82) is 0 Å². The average molecular weight is 202 g/mol. The van der Waals surface area contributed by atoms with Gasteiger partial charge in [-0.25, -0.2) is 4.98 Å². The van der Waals surface area contributed by atoms with Crippen molar-refractivity contribution in [2.75, 3.05) is 0 Å². The molecule has 2 atom stereocenters. The van der Waals surface area contributed by atoms with Crippen LogP contribution in [-0.4, -0.2) is 20.3 Å². The van der Waals surface area contributed by atoms with E-state index in [1.165, 1.54) is 0 Å². The van der Waals surface area contributed by atoms with E-state index in [0.717, 1.165) is 23.9 Å². The monoisotopic (exact) mass is 202 g/mol. The third-order valence-corrected chi connectivity index (χ3v) is 3.46. The zero-order valence-corrected chi connectivity index (χ0v) is 8.72. The highest BCUT2D eigenvalue weighted by molar-refractivity contribution is 5.75. The smallest absolute Gasteiger partial charge is 0.0961 e. The van der Waals surface area contributed by atoms with Gasteiger partial charge in [-0.1, -0.05) is 12.1 Å². The molecule has 0 spiro atoms. The van der Waals surface area contributed by atoms with Gasteiger partial charge in [0.15, 0.2) is 0 Å². The molecule has 0 amide bonds. The van der Waals surface area contributed by atoms with Gasteiger partial charge in [0.1, 0.15) is 0 Å². The van der Waals surface area contributed by atoms with Crippen LogP contribution in [0.1, 0.15) is 25.8 Å². The maximum atomic E-state index is 10.1. The second kappa shape index (κ2) is 2.83. The van der Waals surface area contributed by atoms with Crippen LogP contribution in [0.2, 0.25) is 0 Å². The first-order valence-electron chi connectivity index (χ1n) is 5.32. The lowest BCUT2D eigenvalue weighted by molar-refractivity contribution is -0.0676. The van der Waals surface area contributed by atoms with Crippen LogP contribution in [0, 0.1) is 0 Å². The van der Waals surface area contributed by atoms with Crippen molar-refractivity contribution < 1.29 is 5.11 Å². The highest BCUT2D eigenvalue weighted by Gasteiger charge is 2.42. The fourth-order valence-corrected chi connectivity index (χ4v) is 2.36. The van der Waals surface area contributed by atoms with Gasteiger partial charge in [-0.3, -0.25) is 0 Å². The molecule has 1 aromatic carbocycles. The molecule has 3 nitrogen and oxygen atoms in total. The summed E-state index contributed by atoms with van der Waals surface area (Å²) in [5.41, 5.74) is 1.55. The zero-order valence-electron chi connectivity index (χ0n) is 8.72. The highest BCUT2D eigenvalue weighted by Crippen LogP contribution is 2.43. The molecule has 0 unspecified atom stereocenters. The Morgan fingerprint density at radius 3 is 2.93 bits per heavy atom. The van der Waals surface area contributed by atoms with E-state index in [1.54, 1.807) is 0 Å². The fourth-order valence-electron chi connectivity index (χ4n) is 2.36. The van der Waals surface area contributed by atoms with Crippen LogP contribution in [0.5, 0.6) is 0 Å². The fraction of sp³-hybridized carbons (Fsp3) is 0.417. The van der Waals surface area contributed by atoms with E-state index < -0.39 is 5.60 Å². The summed E-state index contributed by atoms with van der Waals surface area (Å²) in [4.78, 5) is 4.34. The SMILES string of the molecule is C[C@]1(O)CC[C@@H]1n1cnc2ccccc21. The first-order chi connectivity index (χ1) is 7.18. The Morgan fingerprint density at radius 2 is 2.27 bits per heavy atom. The molecular formula is C12H14N2O. The molecule has 0 bridgehead atoms. The lowest BCUT2D eigenvalue weighted by atomic mass is 9.76. The summed E-state index contributed by atoms with van der Waals surface area (Å²) < 4.78 is 2.10. The third kappa shape index (κ3) is 1.20. The van der Waals surface area contributed by atoms with E-state index in [1.807, 2.05) is 31.5 Å². The number of hydrogen-bond donors (Lipinski definition) is 1. The average Bonchev–Trinajstić information content (AvgIpc) is 2.61. The molecule has 1 fully saturated rings. The molecule has 1 saturated carbocycles. The van der Waals surface area contributed by atoms with Gasteiger partial charge in [-0.15, -0.1) is 0 Å². The van der Waals surface area contributed by atoms with Crippen LogP contribution < -0.4 is 0 Å². The van der Waals surface area contributed by atoms with Crippen molar-refractivity contribution >= 4 is 11.0 Å². The molecule has 0 radical (unpaired) electrons. The Bertz CT molecular complexity index is 501. The summed E-state index contributed by atoms with van der Waals surface area (Å²) in [5, 5.41) is 10.1. The van der Waals surface area contributed by atoms with Gasteiger partial charge < -0.3 is 9.67 Å². The highest BCUT2D eigenvalue weighted by atomic mass is 16.3. The molecule has 3 rings (SSSR count). The lowest BCUT2D eigenvalue weighted by Gasteiger charge is -2.43. The predicted octanol–water partition coefficient (Wildman–Crippen LogP) is 2.12. The third-order valence-electron chi connectivity index (χ3n) is 3.46. The van der Waals surface area contributed by atoms with E-state index in [9.17, 15) is 5.11 Å². The summed E-state index contributed by atoms with van der Waals surface area (Å²) in [7, 11) is 0. The molecule has 0 aliphatic heterocycles. The van der Waals surface area contributed by atoms with Crippen LogP contribution in [0.3, 0.4) is 0 Å². The molecule has 3 heteroatoms. The number of imidazole rings is 1. The second-order valence-corrected chi connectivity index (χ2v) is 4.55. The largest absolute Gasteiger partial charge is 0.388 e. The van der Waals surface area contributed by atoms with Crippen LogP contribution in [0.25, 0.3) is 11.0 Å². The minimum absolute atomic E-state index is 0.185. The van der Waals surface area contributed by atoms with E-state index in [-0.39, 0.29) is 6.04 Å². The van der Waals surface area contributed by atoms with Gasteiger partial charge in [0.2, 0.25) is 0 Å². The van der Waals surface area contributed by atoms with Gasteiger partial charge in [-0.05, 0) is 31.9 Å². The first kappa shape index (κ1) is 8.92. The van der Waals surface area contributed by atoms with Crippen molar-refractivity contribution in [3.05, 3.63) is 30.6 Å². The summed E-state index contributed by atoms with van der Waals surface area (Å²) in [6.07, 6.45) is 3.75. The number of hydrogen-bond acceptors (Lipinski definition) is 2. The number of para-hydroxylation sites is 2. The summed E-state index contributed by atoms with van der Waals surface area (Å²) in [6.45, 7) is 1.90. The molecule has 0 saturated heterocycles. The summed E-state index contributed by atoms with van der Waals surface area (Å²) >= 11 is 0. The Morgan fingerprint density at radius 1 is 1.47 bits per heavy atom. The maximum Gasteiger partial charge on any atom is 0.0961 e. The molecule has 15 heavy (non-hydrogen) atoms. The maximum absolute atomic E-state index is 10.1. The summed E-state index contributed by atoms with van der Waals surface area (Å²) in [5.74, 6) is 0. The quantitative estimate of drug-likeness (QED) is 0.769.